The summed E-state index contributed by atoms with van der Waals surface area (Å²) in [6.45, 7) is 3.16. The molecule has 0 spiro atoms. The van der Waals surface area contributed by atoms with Gasteiger partial charge in [-0.3, -0.25) is 0 Å². The van der Waals surface area contributed by atoms with Gasteiger partial charge in [-0.05, 0) is 19.9 Å². The minimum Gasteiger partial charge on any atom is -0.449 e. The zero-order chi connectivity index (χ0) is 16.3. The first-order valence-electron chi connectivity index (χ1n) is 6.63. The highest BCUT2D eigenvalue weighted by Crippen LogP contribution is 2.34. The molecule has 7 heteroatoms. The highest BCUT2D eigenvalue weighted by Gasteiger charge is 2.40. The average molecular weight is 303 g/mol. The maximum Gasteiger partial charge on any atom is 0.418 e. The molecule has 22 heavy (non-hydrogen) atoms. The van der Waals surface area contributed by atoms with Gasteiger partial charge in [0.05, 0.1) is 18.2 Å². The molecule has 1 aromatic carbocycles. The molecule has 0 fully saturated rings. The lowest BCUT2D eigenvalue weighted by molar-refractivity contribution is 0.104. The number of allylic oxidation sites excluding steroid dienone is 1. The maximum absolute atomic E-state index is 14.1. The van der Waals surface area contributed by atoms with Gasteiger partial charge in [-0.2, -0.15) is 5.26 Å². The lowest BCUT2D eigenvalue weighted by Crippen LogP contribution is -2.50. The number of rotatable bonds is 2. The van der Waals surface area contributed by atoms with Gasteiger partial charge in [0.2, 0.25) is 0 Å². The van der Waals surface area contributed by atoms with Gasteiger partial charge in [-0.25, -0.2) is 18.9 Å². The molecule has 1 aliphatic rings. The molecular weight excluding hydrogens is 289 g/mol. The monoisotopic (exact) mass is 303 g/mol. The summed E-state index contributed by atoms with van der Waals surface area (Å²) in [4.78, 5) is 24.9. The fraction of sp³-hybridized carbons (Fsp3) is 0.267. The van der Waals surface area contributed by atoms with E-state index in [-0.39, 0.29) is 23.4 Å². The number of amides is 3. The molecule has 2 rings (SSSR count). The SMILES string of the molecule is CCOC(=O)N1C(=O)NC(C)=C(C#N)C1c1ccccc1F. The molecule has 114 valence electrons. The Hall–Kier alpha value is -2.88. The van der Waals surface area contributed by atoms with Crippen LogP contribution in [0.25, 0.3) is 0 Å². The number of hydrogen-bond donors (Lipinski definition) is 1. The summed E-state index contributed by atoms with van der Waals surface area (Å²) in [5, 5.41) is 11.7. The van der Waals surface area contributed by atoms with Crippen molar-refractivity contribution in [2.45, 2.75) is 19.9 Å². The third-order valence-corrected chi connectivity index (χ3v) is 3.23. The van der Waals surface area contributed by atoms with E-state index in [1.54, 1.807) is 13.0 Å². The fourth-order valence-electron chi connectivity index (χ4n) is 2.26. The minimum atomic E-state index is -1.15. The molecule has 0 radical (unpaired) electrons. The van der Waals surface area contributed by atoms with Gasteiger partial charge in [-0.1, -0.05) is 18.2 Å². The highest BCUT2D eigenvalue weighted by atomic mass is 19.1. The zero-order valence-electron chi connectivity index (χ0n) is 12.1. The Balaban J connectivity index is 2.61. The highest BCUT2D eigenvalue weighted by molar-refractivity contribution is 5.94. The van der Waals surface area contributed by atoms with Crippen LogP contribution in [0.4, 0.5) is 14.0 Å². The summed E-state index contributed by atoms with van der Waals surface area (Å²) in [6.07, 6.45) is -0.937. The quantitative estimate of drug-likeness (QED) is 0.910. The minimum absolute atomic E-state index is 0.0528. The number of nitrogens with zero attached hydrogens (tertiary/aromatic N) is 2. The van der Waals surface area contributed by atoms with Crippen LogP contribution in [-0.4, -0.2) is 23.6 Å². The van der Waals surface area contributed by atoms with Crippen LogP contribution in [0.15, 0.2) is 35.5 Å². The van der Waals surface area contributed by atoms with Crippen LogP contribution >= 0.6 is 0 Å². The normalized spacial score (nSPS) is 17.8. The van der Waals surface area contributed by atoms with Crippen LogP contribution in [0.3, 0.4) is 0 Å². The summed E-state index contributed by atoms with van der Waals surface area (Å²) in [5.74, 6) is -0.614. The Morgan fingerprint density at radius 2 is 2.18 bits per heavy atom. The van der Waals surface area contributed by atoms with Gasteiger partial charge >= 0.3 is 12.1 Å². The lowest BCUT2D eigenvalue weighted by Gasteiger charge is -2.34. The standard InChI is InChI=1S/C15H14FN3O3/c1-3-22-15(21)19-13(10-6-4-5-7-12(10)16)11(8-17)9(2)18-14(19)20/h4-7,13H,3H2,1-2H3,(H,18,20). The number of carbonyl (C=O) groups is 2. The third-order valence-electron chi connectivity index (χ3n) is 3.23. The Bertz CT molecular complexity index is 694. The third kappa shape index (κ3) is 2.63. The number of urea groups is 1. The van der Waals surface area contributed by atoms with Crippen molar-refractivity contribution in [2.24, 2.45) is 0 Å². The molecule has 3 amide bonds. The number of ether oxygens (including phenoxy) is 1. The van der Waals surface area contributed by atoms with Crippen molar-refractivity contribution >= 4 is 12.1 Å². The first-order valence-corrected chi connectivity index (χ1v) is 6.63. The summed E-state index contributed by atoms with van der Waals surface area (Å²) in [5.41, 5.74) is 0.417. The first kappa shape index (κ1) is 15.5. The van der Waals surface area contributed by atoms with Gasteiger partial charge in [0.1, 0.15) is 11.9 Å². The van der Waals surface area contributed by atoms with Gasteiger partial charge in [-0.15, -0.1) is 0 Å². The molecule has 1 heterocycles. The van der Waals surface area contributed by atoms with Crippen LogP contribution in [0.1, 0.15) is 25.5 Å². The number of nitriles is 1. The Morgan fingerprint density at radius 3 is 2.77 bits per heavy atom. The van der Waals surface area contributed by atoms with E-state index in [1.165, 1.54) is 25.1 Å². The number of benzene rings is 1. The summed E-state index contributed by atoms with van der Waals surface area (Å²) in [6, 6.07) is 5.69. The van der Waals surface area contributed by atoms with Crippen molar-refractivity contribution in [1.29, 1.82) is 5.26 Å². The van der Waals surface area contributed by atoms with Crippen molar-refractivity contribution in [2.75, 3.05) is 6.61 Å². The van der Waals surface area contributed by atoms with Crippen LogP contribution < -0.4 is 5.32 Å². The van der Waals surface area contributed by atoms with Crippen LogP contribution in [0.5, 0.6) is 0 Å². The molecule has 0 saturated carbocycles. The van der Waals surface area contributed by atoms with E-state index >= 15 is 0 Å². The molecule has 1 aliphatic heterocycles. The van der Waals surface area contributed by atoms with E-state index in [2.05, 4.69) is 5.32 Å². The van der Waals surface area contributed by atoms with E-state index in [0.29, 0.717) is 4.90 Å². The van der Waals surface area contributed by atoms with E-state index < -0.39 is 24.0 Å². The van der Waals surface area contributed by atoms with Gasteiger partial charge in [0.25, 0.3) is 0 Å². The second-order valence-electron chi connectivity index (χ2n) is 4.57. The second kappa shape index (κ2) is 6.26. The number of carbonyl (C=O) groups excluding carboxylic acids is 2. The number of hydrogen-bond acceptors (Lipinski definition) is 4. The number of nitrogens with one attached hydrogen (secondary N) is 1. The lowest BCUT2D eigenvalue weighted by atomic mass is 9.94. The van der Waals surface area contributed by atoms with E-state index in [0.717, 1.165) is 0 Å². The Kier molecular flexibility index (Phi) is 4.41. The Morgan fingerprint density at radius 1 is 1.50 bits per heavy atom. The van der Waals surface area contributed by atoms with Gasteiger partial charge < -0.3 is 10.1 Å². The van der Waals surface area contributed by atoms with E-state index in [1.807, 2.05) is 6.07 Å². The molecule has 1 atom stereocenters. The molecule has 6 nitrogen and oxygen atoms in total. The predicted octanol–water partition coefficient (Wildman–Crippen LogP) is 2.85. The topological polar surface area (TPSA) is 82.4 Å². The smallest absolute Gasteiger partial charge is 0.418 e. The van der Waals surface area contributed by atoms with Crippen molar-refractivity contribution < 1.29 is 18.7 Å². The van der Waals surface area contributed by atoms with Gasteiger partial charge in [0, 0.05) is 11.3 Å². The summed E-state index contributed by atoms with van der Waals surface area (Å²) >= 11 is 0. The number of halogens is 1. The fourth-order valence-corrected chi connectivity index (χ4v) is 2.26. The molecule has 1 N–H and O–H groups in total. The largest absolute Gasteiger partial charge is 0.449 e. The van der Waals surface area contributed by atoms with Crippen LogP contribution in [0.2, 0.25) is 0 Å². The Labute approximate surface area is 126 Å². The molecule has 1 aromatic rings. The maximum atomic E-state index is 14.1. The van der Waals surface area contributed by atoms with Crippen molar-refractivity contribution in [3.8, 4) is 6.07 Å². The second-order valence-corrected chi connectivity index (χ2v) is 4.57. The predicted molar refractivity (Wildman–Crippen MR) is 74.8 cm³/mol. The first-order chi connectivity index (χ1) is 10.5. The average Bonchev–Trinajstić information content (AvgIpc) is 2.47. The van der Waals surface area contributed by atoms with E-state index in [4.69, 9.17) is 4.74 Å². The molecule has 0 aromatic heterocycles. The van der Waals surface area contributed by atoms with E-state index in [9.17, 15) is 19.2 Å². The van der Waals surface area contributed by atoms with Crippen LogP contribution in [-0.2, 0) is 4.74 Å². The number of imide groups is 1. The zero-order valence-corrected chi connectivity index (χ0v) is 12.1. The molecule has 0 saturated heterocycles. The molecule has 0 aliphatic carbocycles. The van der Waals surface area contributed by atoms with Crippen LogP contribution in [0, 0.1) is 17.1 Å². The summed E-state index contributed by atoms with van der Waals surface area (Å²) in [7, 11) is 0. The van der Waals surface area contributed by atoms with Crippen molar-refractivity contribution in [3.05, 3.63) is 46.9 Å². The molecular formula is C15H14FN3O3. The molecule has 0 bridgehead atoms. The molecule has 1 unspecified atom stereocenters. The van der Waals surface area contributed by atoms with Gasteiger partial charge in [0.15, 0.2) is 0 Å². The summed E-state index contributed by atoms with van der Waals surface area (Å²) < 4.78 is 19.0. The van der Waals surface area contributed by atoms with Crippen molar-refractivity contribution in [1.82, 2.24) is 10.2 Å². The van der Waals surface area contributed by atoms with Crippen molar-refractivity contribution in [3.63, 3.8) is 0 Å².